The van der Waals surface area contributed by atoms with Crippen molar-refractivity contribution in [3.8, 4) is 0 Å². The molecular formula is C14H13N5O3S3. The predicted octanol–water partition coefficient (Wildman–Crippen LogP) is 3.19. The van der Waals surface area contributed by atoms with Gasteiger partial charge in [0.2, 0.25) is 11.0 Å². The lowest BCUT2D eigenvalue weighted by atomic mass is 10.2. The maximum Gasteiger partial charge on any atom is 0.261 e. The molecule has 11 heteroatoms. The Balaban J connectivity index is 1.53. The third-order valence-corrected chi connectivity index (χ3v) is 5.58. The molecule has 3 heterocycles. The van der Waals surface area contributed by atoms with Crippen molar-refractivity contribution in [3.05, 3.63) is 34.7 Å². The second kappa shape index (κ2) is 7.76. The topological polar surface area (TPSA) is 110 Å². The molecule has 0 aromatic carbocycles. The Morgan fingerprint density at radius 1 is 1.24 bits per heavy atom. The van der Waals surface area contributed by atoms with Gasteiger partial charge < -0.3 is 9.73 Å². The zero-order chi connectivity index (χ0) is 17.8. The molecule has 0 fully saturated rings. The van der Waals surface area contributed by atoms with Crippen molar-refractivity contribution in [2.75, 3.05) is 16.4 Å². The number of carbonyl (C=O) groups excluding carboxylic acids is 2. The van der Waals surface area contributed by atoms with Crippen molar-refractivity contribution in [3.63, 3.8) is 0 Å². The van der Waals surface area contributed by atoms with Crippen LogP contribution in [0.5, 0.6) is 0 Å². The molecule has 0 saturated carbocycles. The number of carbonyl (C=O) groups is 2. The molecule has 2 amide bonds. The highest BCUT2D eigenvalue weighted by Gasteiger charge is 2.16. The van der Waals surface area contributed by atoms with Gasteiger partial charge >= 0.3 is 0 Å². The summed E-state index contributed by atoms with van der Waals surface area (Å²) >= 11 is 3.80. The molecule has 0 aliphatic carbocycles. The van der Waals surface area contributed by atoms with E-state index >= 15 is 0 Å². The van der Waals surface area contributed by atoms with Crippen LogP contribution >= 0.6 is 34.4 Å². The van der Waals surface area contributed by atoms with Gasteiger partial charge in [-0.15, -0.1) is 21.5 Å². The molecule has 8 nitrogen and oxygen atoms in total. The summed E-state index contributed by atoms with van der Waals surface area (Å²) in [7, 11) is 0. The van der Waals surface area contributed by atoms with E-state index < -0.39 is 0 Å². The molecule has 0 spiro atoms. The third-order valence-electron chi connectivity index (χ3n) is 2.92. The summed E-state index contributed by atoms with van der Waals surface area (Å²) in [5.41, 5.74) is 0.463. The van der Waals surface area contributed by atoms with E-state index in [0.29, 0.717) is 31.7 Å². The lowest BCUT2D eigenvalue weighted by Gasteiger charge is -1.99. The number of anilines is 2. The van der Waals surface area contributed by atoms with Crippen LogP contribution < -0.4 is 10.6 Å². The van der Waals surface area contributed by atoms with E-state index in [-0.39, 0.29) is 17.6 Å². The monoisotopic (exact) mass is 395 g/mol. The molecule has 3 aromatic rings. The van der Waals surface area contributed by atoms with Crippen LogP contribution in [0, 0.1) is 13.8 Å². The number of thiazole rings is 1. The lowest BCUT2D eigenvalue weighted by molar-refractivity contribution is -0.113. The van der Waals surface area contributed by atoms with Gasteiger partial charge in [0.1, 0.15) is 11.5 Å². The number of furan rings is 1. The molecule has 0 radical (unpaired) electrons. The molecule has 3 aromatic heterocycles. The van der Waals surface area contributed by atoms with E-state index in [1.54, 1.807) is 31.5 Å². The molecular weight excluding hydrogens is 382 g/mol. The van der Waals surface area contributed by atoms with Gasteiger partial charge in [0.15, 0.2) is 9.47 Å². The average molecular weight is 395 g/mol. The van der Waals surface area contributed by atoms with Crippen molar-refractivity contribution < 1.29 is 14.0 Å². The molecule has 0 saturated heterocycles. The molecule has 2 N–H and O–H groups in total. The Labute approximate surface area is 155 Å². The maximum absolute atomic E-state index is 12.2. The van der Waals surface area contributed by atoms with Crippen LogP contribution in [0.1, 0.15) is 21.9 Å². The first-order chi connectivity index (χ1) is 12.0. The Morgan fingerprint density at radius 2 is 2.08 bits per heavy atom. The molecule has 130 valence electrons. The van der Waals surface area contributed by atoms with E-state index in [1.165, 1.54) is 34.4 Å². The number of nitrogens with zero attached hydrogens (tertiary/aromatic N) is 3. The molecule has 0 atom stereocenters. The highest BCUT2D eigenvalue weighted by molar-refractivity contribution is 8.01. The number of amides is 2. The van der Waals surface area contributed by atoms with E-state index in [0.717, 1.165) is 0 Å². The van der Waals surface area contributed by atoms with Gasteiger partial charge in [-0.1, -0.05) is 23.1 Å². The number of aromatic nitrogens is 3. The maximum atomic E-state index is 12.2. The number of thioether (sulfide) groups is 1. The van der Waals surface area contributed by atoms with Crippen molar-refractivity contribution in [1.29, 1.82) is 0 Å². The van der Waals surface area contributed by atoms with Gasteiger partial charge in [-0.2, -0.15) is 0 Å². The molecule has 0 aliphatic heterocycles. The first kappa shape index (κ1) is 17.6. The summed E-state index contributed by atoms with van der Waals surface area (Å²) in [6.07, 6.45) is 1.62. The van der Waals surface area contributed by atoms with Gasteiger partial charge in [-0.3, -0.25) is 14.9 Å². The van der Waals surface area contributed by atoms with Crippen LogP contribution in [0.25, 0.3) is 0 Å². The normalized spacial score (nSPS) is 10.6. The summed E-state index contributed by atoms with van der Waals surface area (Å²) in [6, 6.07) is 1.67. The second-order valence-electron chi connectivity index (χ2n) is 4.83. The van der Waals surface area contributed by atoms with E-state index in [9.17, 15) is 9.59 Å². The largest absolute Gasteiger partial charge is 0.466 e. The average Bonchev–Trinajstić information content (AvgIpc) is 3.28. The molecule has 0 aliphatic rings. The van der Waals surface area contributed by atoms with E-state index in [2.05, 4.69) is 25.8 Å². The van der Waals surface area contributed by atoms with Gasteiger partial charge in [0, 0.05) is 11.6 Å². The van der Waals surface area contributed by atoms with E-state index in [4.69, 9.17) is 4.42 Å². The van der Waals surface area contributed by atoms with Crippen LogP contribution in [0.2, 0.25) is 0 Å². The Morgan fingerprint density at radius 3 is 2.76 bits per heavy atom. The minimum atomic E-state index is -0.302. The van der Waals surface area contributed by atoms with Crippen LogP contribution in [-0.4, -0.2) is 32.7 Å². The highest BCUT2D eigenvalue weighted by atomic mass is 32.2. The van der Waals surface area contributed by atoms with Crippen molar-refractivity contribution in [2.24, 2.45) is 0 Å². The SMILES string of the molecule is Cc1cc(C(=O)Nc2nnc(SCC(=O)Nc3nccs3)s2)c(C)o1. The summed E-state index contributed by atoms with van der Waals surface area (Å²) in [4.78, 5) is 28.0. The first-order valence-corrected chi connectivity index (χ1v) is 9.73. The fraction of sp³-hybridized carbons (Fsp3) is 0.214. The number of aryl methyl sites for hydroxylation is 2. The third kappa shape index (κ3) is 4.65. The summed E-state index contributed by atoms with van der Waals surface area (Å²) in [6.45, 7) is 3.50. The quantitative estimate of drug-likeness (QED) is 0.487. The predicted molar refractivity (Wildman–Crippen MR) is 97.5 cm³/mol. The number of rotatable bonds is 6. The summed E-state index contributed by atoms with van der Waals surface area (Å²) in [5, 5.41) is 15.9. The minimum Gasteiger partial charge on any atom is -0.466 e. The Kier molecular flexibility index (Phi) is 5.46. The first-order valence-electron chi connectivity index (χ1n) is 7.05. The fourth-order valence-electron chi connectivity index (χ4n) is 1.91. The van der Waals surface area contributed by atoms with Gasteiger partial charge in [0.25, 0.3) is 5.91 Å². The van der Waals surface area contributed by atoms with Gasteiger partial charge in [-0.25, -0.2) is 4.98 Å². The molecule has 0 bridgehead atoms. The molecule has 3 rings (SSSR count). The second-order valence-corrected chi connectivity index (χ2v) is 7.92. The van der Waals surface area contributed by atoms with Crippen molar-refractivity contribution in [1.82, 2.24) is 15.2 Å². The van der Waals surface area contributed by atoms with Crippen molar-refractivity contribution in [2.45, 2.75) is 18.2 Å². The van der Waals surface area contributed by atoms with Crippen LogP contribution in [0.4, 0.5) is 10.3 Å². The van der Waals surface area contributed by atoms with Crippen LogP contribution in [0.3, 0.4) is 0 Å². The van der Waals surface area contributed by atoms with Crippen LogP contribution in [0.15, 0.2) is 26.4 Å². The number of hydrogen-bond donors (Lipinski definition) is 2. The minimum absolute atomic E-state index is 0.176. The van der Waals surface area contributed by atoms with Gasteiger partial charge in [0.05, 0.1) is 11.3 Å². The van der Waals surface area contributed by atoms with Crippen LogP contribution in [-0.2, 0) is 4.79 Å². The highest BCUT2D eigenvalue weighted by Crippen LogP contribution is 2.26. The Bertz CT molecular complexity index is 888. The standard InChI is InChI=1S/C14H13N5O3S3/c1-7-5-9(8(2)22-7)11(21)17-13-18-19-14(25-13)24-6-10(20)16-12-15-3-4-23-12/h3-5H,6H2,1-2H3,(H,15,16,20)(H,17,18,21). The number of hydrogen-bond acceptors (Lipinski definition) is 9. The zero-order valence-electron chi connectivity index (χ0n) is 13.2. The number of nitrogens with one attached hydrogen (secondary N) is 2. The van der Waals surface area contributed by atoms with Gasteiger partial charge in [-0.05, 0) is 19.9 Å². The fourth-order valence-corrected chi connectivity index (χ4v) is 4.00. The van der Waals surface area contributed by atoms with Crippen molar-refractivity contribution >= 4 is 56.5 Å². The smallest absolute Gasteiger partial charge is 0.261 e. The molecule has 0 unspecified atom stereocenters. The lowest BCUT2D eigenvalue weighted by Crippen LogP contribution is -2.13. The van der Waals surface area contributed by atoms with E-state index in [1.807, 2.05) is 0 Å². The summed E-state index contributed by atoms with van der Waals surface area (Å²) in [5.74, 6) is 0.923. The zero-order valence-corrected chi connectivity index (χ0v) is 15.7. The summed E-state index contributed by atoms with van der Waals surface area (Å²) < 4.78 is 5.93. The molecule has 25 heavy (non-hydrogen) atoms. The Hall–Kier alpha value is -2.24.